The summed E-state index contributed by atoms with van der Waals surface area (Å²) in [5.41, 5.74) is 7.31. The minimum absolute atomic E-state index is 0.121. The van der Waals surface area contributed by atoms with E-state index in [1.54, 1.807) is 29.7 Å². The van der Waals surface area contributed by atoms with E-state index in [-0.39, 0.29) is 19.2 Å². The third kappa shape index (κ3) is 4.25. The summed E-state index contributed by atoms with van der Waals surface area (Å²) in [7, 11) is 3.68. The predicted molar refractivity (Wildman–Crippen MR) is 149 cm³/mol. The monoisotopic (exact) mass is 533 g/mol. The van der Waals surface area contributed by atoms with Crippen LogP contribution in [0.15, 0.2) is 61.2 Å². The number of hydrogen-bond donors (Lipinski definition) is 3. The summed E-state index contributed by atoms with van der Waals surface area (Å²) >= 11 is 0. The van der Waals surface area contributed by atoms with Gasteiger partial charge in [0.25, 0.3) is 0 Å². The number of aromatic nitrogens is 7. The van der Waals surface area contributed by atoms with Gasteiger partial charge in [0, 0.05) is 23.5 Å². The van der Waals surface area contributed by atoms with Crippen LogP contribution in [0.1, 0.15) is 0 Å². The first-order chi connectivity index (χ1) is 19.5. The fourth-order valence-corrected chi connectivity index (χ4v) is 4.68. The Hall–Kier alpha value is -5.36. The van der Waals surface area contributed by atoms with E-state index in [0.717, 1.165) is 33.2 Å². The van der Waals surface area contributed by atoms with Crippen molar-refractivity contribution in [1.82, 2.24) is 40.0 Å². The van der Waals surface area contributed by atoms with Gasteiger partial charge in [-0.1, -0.05) is 6.07 Å². The second-order valence-corrected chi connectivity index (χ2v) is 9.65. The topological polar surface area (TPSA) is 147 Å². The van der Waals surface area contributed by atoms with Gasteiger partial charge in [0.2, 0.25) is 12.7 Å². The second kappa shape index (κ2) is 9.43. The molecule has 5 aromatic heterocycles. The number of carbonyl (C=O) groups is 1. The molecular weight excluding hydrogens is 510 g/mol. The molecule has 0 fully saturated rings. The lowest BCUT2D eigenvalue weighted by molar-refractivity contribution is -0.116. The van der Waals surface area contributed by atoms with E-state index in [0.29, 0.717) is 39.9 Å². The number of rotatable bonds is 6. The maximum absolute atomic E-state index is 12.2. The number of fused-ring (bicyclic) bond motifs is 3. The quantitative estimate of drug-likeness (QED) is 0.290. The largest absolute Gasteiger partial charge is 0.454 e. The zero-order valence-electron chi connectivity index (χ0n) is 21.6. The summed E-state index contributed by atoms with van der Waals surface area (Å²) in [5, 5.41) is 10.4. The number of nitrogens with one attached hydrogen (secondary N) is 3. The van der Waals surface area contributed by atoms with Crippen molar-refractivity contribution < 1.29 is 14.3 Å². The Morgan fingerprint density at radius 2 is 1.80 bits per heavy atom. The Bertz CT molecular complexity index is 1910. The molecule has 0 bridgehead atoms. The van der Waals surface area contributed by atoms with Gasteiger partial charge in [0.05, 0.1) is 46.9 Å². The van der Waals surface area contributed by atoms with Crippen molar-refractivity contribution in [2.24, 2.45) is 0 Å². The molecule has 40 heavy (non-hydrogen) atoms. The van der Waals surface area contributed by atoms with Crippen LogP contribution in [-0.4, -0.2) is 73.4 Å². The van der Waals surface area contributed by atoms with Crippen molar-refractivity contribution >= 4 is 33.7 Å². The number of nitrogens with zero attached hydrogens (tertiary/aromatic N) is 6. The summed E-state index contributed by atoms with van der Waals surface area (Å²) in [4.78, 5) is 35.8. The van der Waals surface area contributed by atoms with E-state index in [2.05, 4.69) is 30.5 Å². The maximum Gasteiger partial charge on any atom is 0.238 e. The highest BCUT2D eigenvalue weighted by atomic mass is 16.7. The van der Waals surface area contributed by atoms with E-state index < -0.39 is 0 Å². The SMILES string of the molecule is CN(C)CC(=O)Nc1cncc(-c2ccc3[nH]nc(-c4nc5c(-c6ccc7c(c6)OCO7)cncc5[nH]4)c3n2)c1. The highest BCUT2D eigenvalue weighted by Gasteiger charge is 2.19. The molecule has 6 heterocycles. The van der Waals surface area contributed by atoms with Crippen LogP contribution in [0.25, 0.3) is 56.0 Å². The molecule has 0 atom stereocenters. The highest BCUT2D eigenvalue weighted by Crippen LogP contribution is 2.38. The Balaban J connectivity index is 1.25. The molecule has 1 aliphatic rings. The molecule has 198 valence electrons. The molecule has 0 spiro atoms. The number of H-pyrrole nitrogens is 2. The van der Waals surface area contributed by atoms with Gasteiger partial charge in [-0.2, -0.15) is 5.10 Å². The lowest BCUT2D eigenvalue weighted by Crippen LogP contribution is -2.27. The molecule has 7 rings (SSSR count). The third-order valence-corrected chi connectivity index (χ3v) is 6.49. The van der Waals surface area contributed by atoms with Crippen LogP contribution in [0.4, 0.5) is 5.69 Å². The summed E-state index contributed by atoms with van der Waals surface area (Å²) in [6.45, 7) is 0.483. The number of imidazole rings is 1. The summed E-state index contributed by atoms with van der Waals surface area (Å²) < 4.78 is 11.0. The zero-order valence-corrected chi connectivity index (χ0v) is 21.6. The molecule has 1 aromatic carbocycles. The number of carbonyl (C=O) groups excluding carboxylic acids is 1. The van der Waals surface area contributed by atoms with E-state index >= 15 is 0 Å². The van der Waals surface area contributed by atoms with Crippen LogP contribution >= 0.6 is 0 Å². The molecular formula is C28H23N9O3. The van der Waals surface area contributed by atoms with Gasteiger partial charge in [-0.05, 0) is 50.0 Å². The van der Waals surface area contributed by atoms with E-state index in [1.165, 1.54) is 0 Å². The molecule has 3 N–H and O–H groups in total. The smallest absolute Gasteiger partial charge is 0.238 e. The van der Waals surface area contributed by atoms with Crippen molar-refractivity contribution in [3.05, 3.63) is 61.2 Å². The molecule has 0 saturated carbocycles. The minimum atomic E-state index is -0.121. The van der Waals surface area contributed by atoms with Crippen LogP contribution in [-0.2, 0) is 4.79 Å². The molecule has 6 aromatic rings. The predicted octanol–water partition coefficient (Wildman–Crippen LogP) is 3.85. The first-order valence-corrected chi connectivity index (χ1v) is 12.5. The average Bonchev–Trinajstić information content (AvgIpc) is 3.69. The lowest BCUT2D eigenvalue weighted by Gasteiger charge is -2.10. The van der Waals surface area contributed by atoms with Gasteiger partial charge in [0.15, 0.2) is 23.0 Å². The van der Waals surface area contributed by atoms with E-state index in [9.17, 15) is 4.79 Å². The number of benzene rings is 1. The normalized spacial score (nSPS) is 12.5. The fourth-order valence-electron chi connectivity index (χ4n) is 4.68. The van der Waals surface area contributed by atoms with Crippen molar-refractivity contribution in [2.45, 2.75) is 0 Å². The minimum Gasteiger partial charge on any atom is -0.454 e. The number of likely N-dealkylation sites (N-methyl/N-ethyl adjacent to an activating group) is 1. The molecule has 0 aliphatic carbocycles. The van der Waals surface area contributed by atoms with E-state index in [1.807, 2.05) is 50.5 Å². The Morgan fingerprint density at radius 1 is 0.925 bits per heavy atom. The average molecular weight is 534 g/mol. The molecule has 0 saturated heterocycles. The zero-order chi connectivity index (χ0) is 27.2. The first-order valence-electron chi connectivity index (χ1n) is 12.5. The first kappa shape index (κ1) is 23.7. The highest BCUT2D eigenvalue weighted by molar-refractivity contribution is 5.96. The summed E-state index contributed by atoms with van der Waals surface area (Å²) in [6, 6.07) is 11.4. The Morgan fingerprint density at radius 3 is 2.70 bits per heavy atom. The van der Waals surface area contributed by atoms with Crippen LogP contribution in [0.5, 0.6) is 11.5 Å². The van der Waals surface area contributed by atoms with Gasteiger partial charge in [-0.15, -0.1) is 0 Å². The van der Waals surface area contributed by atoms with Crippen LogP contribution in [0.3, 0.4) is 0 Å². The molecule has 0 radical (unpaired) electrons. The molecule has 0 unspecified atom stereocenters. The Kier molecular flexibility index (Phi) is 5.60. The van der Waals surface area contributed by atoms with Crippen LogP contribution in [0, 0.1) is 0 Å². The third-order valence-electron chi connectivity index (χ3n) is 6.49. The number of aromatic amines is 2. The second-order valence-electron chi connectivity index (χ2n) is 9.65. The Labute approximate surface area is 227 Å². The van der Waals surface area contributed by atoms with Crippen LogP contribution < -0.4 is 14.8 Å². The summed E-state index contributed by atoms with van der Waals surface area (Å²) in [6.07, 6.45) is 6.83. The van der Waals surface area contributed by atoms with E-state index in [4.69, 9.17) is 19.4 Å². The van der Waals surface area contributed by atoms with Crippen molar-refractivity contribution in [3.63, 3.8) is 0 Å². The van der Waals surface area contributed by atoms with Crippen molar-refractivity contribution in [1.29, 1.82) is 0 Å². The number of anilines is 1. The number of hydrogen-bond acceptors (Lipinski definition) is 9. The molecule has 12 nitrogen and oxygen atoms in total. The van der Waals surface area contributed by atoms with Gasteiger partial charge >= 0.3 is 0 Å². The van der Waals surface area contributed by atoms with Crippen molar-refractivity contribution in [3.8, 4) is 45.4 Å². The molecule has 12 heteroatoms. The van der Waals surface area contributed by atoms with Gasteiger partial charge < -0.3 is 24.7 Å². The fraction of sp³-hybridized carbons (Fsp3) is 0.143. The standard InChI is InChI=1S/C28H23N9O3/c1-37(2)13-24(38)31-17-7-16(9-29-10-17)19-4-5-20-26(32-19)27(36-35-20)28-33-21-12-30-11-18(25(21)34-28)15-3-6-22-23(8-15)40-14-39-22/h3-12H,13-14H2,1-2H3,(H,31,38)(H,33,34)(H,35,36). The summed E-state index contributed by atoms with van der Waals surface area (Å²) in [5.74, 6) is 1.84. The number of amides is 1. The van der Waals surface area contributed by atoms with Crippen LogP contribution in [0.2, 0.25) is 0 Å². The lowest BCUT2D eigenvalue weighted by atomic mass is 10.1. The molecule has 1 amide bonds. The van der Waals surface area contributed by atoms with Gasteiger partial charge in [-0.3, -0.25) is 19.9 Å². The number of ether oxygens (including phenoxy) is 2. The van der Waals surface area contributed by atoms with Gasteiger partial charge in [0.1, 0.15) is 5.52 Å². The van der Waals surface area contributed by atoms with Crippen molar-refractivity contribution in [2.75, 3.05) is 32.7 Å². The maximum atomic E-state index is 12.2. The molecule has 1 aliphatic heterocycles. The number of pyridine rings is 3. The van der Waals surface area contributed by atoms with Gasteiger partial charge in [-0.25, -0.2) is 9.97 Å².